The third-order valence-corrected chi connectivity index (χ3v) is 3.44. The second-order valence-electron chi connectivity index (χ2n) is 5.63. The number of aromatic nitrogens is 2. The minimum Gasteiger partial charge on any atom is -0.385 e. The number of aryl methyl sites for hydroxylation is 2. The van der Waals surface area contributed by atoms with Crippen LogP contribution in [0.25, 0.3) is 0 Å². The maximum Gasteiger partial charge on any atom is 0.270 e. The van der Waals surface area contributed by atoms with E-state index in [2.05, 4.69) is 45.7 Å². The molecule has 0 unspecified atom stereocenters. The molecule has 1 amide bonds. The van der Waals surface area contributed by atoms with Gasteiger partial charge in [-0.15, -0.1) is 0 Å². The lowest BCUT2D eigenvalue weighted by molar-refractivity contribution is 0.0943. The molecule has 6 heteroatoms. The average molecular weight is 328 g/mol. The third-order valence-electron chi connectivity index (χ3n) is 3.44. The Bertz CT molecular complexity index is 688. The van der Waals surface area contributed by atoms with Gasteiger partial charge in [-0.1, -0.05) is 29.8 Å². The highest BCUT2D eigenvalue weighted by molar-refractivity contribution is 5.92. The van der Waals surface area contributed by atoms with Crippen molar-refractivity contribution < 1.29 is 9.53 Å². The molecule has 0 radical (unpaired) electrons. The number of benzene rings is 1. The van der Waals surface area contributed by atoms with E-state index in [1.165, 1.54) is 5.56 Å². The first kappa shape index (κ1) is 17.9. The van der Waals surface area contributed by atoms with E-state index in [0.29, 0.717) is 37.0 Å². The first-order valence-corrected chi connectivity index (χ1v) is 8.00. The molecule has 6 nitrogen and oxygen atoms in total. The zero-order valence-corrected chi connectivity index (χ0v) is 14.4. The average Bonchev–Trinajstić information content (AvgIpc) is 2.56. The van der Waals surface area contributed by atoms with E-state index >= 15 is 0 Å². The van der Waals surface area contributed by atoms with Crippen molar-refractivity contribution in [1.29, 1.82) is 0 Å². The van der Waals surface area contributed by atoms with E-state index < -0.39 is 0 Å². The van der Waals surface area contributed by atoms with Crippen LogP contribution < -0.4 is 10.6 Å². The topological polar surface area (TPSA) is 76.1 Å². The number of hydrogen-bond acceptors (Lipinski definition) is 5. The van der Waals surface area contributed by atoms with Crippen LogP contribution in [0.3, 0.4) is 0 Å². The van der Waals surface area contributed by atoms with Crippen molar-refractivity contribution in [1.82, 2.24) is 15.3 Å². The second-order valence-corrected chi connectivity index (χ2v) is 5.63. The molecular weight excluding hydrogens is 304 g/mol. The molecule has 2 aromatic rings. The predicted octanol–water partition coefficient (Wildman–Crippen LogP) is 2.47. The summed E-state index contributed by atoms with van der Waals surface area (Å²) in [5.41, 5.74) is 2.74. The lowest BCUT2D eigenvalue weighted by atomic mass is 10.1. The van der Waals surface area contributed by atoms with Crippen LogP contribution in [0.2, 0.25) is 0 Å². The van der Waals surface area contributed by atoms with Crippen molar-refractivity contribution in [2.45, 2.75) is 26.8 Å². The molecule has 0 spiro atoms. The van der Waals surface area contributed by atoms with Crippen molar-refractivity contribution in [3.8, 4) is 0 Å². The molecule has 0 aliphatic rings. The number of carbonyl (C=O) groups is 1. The molecule has 0 bridgehead atoms. The molecule has 2 N–H and O–H groups in total. The molecule has 0 atom stereocenters. The molecule has 0 fully saturated rings. The first-order chi connectivity index (χ1) is 11.6. The Kier molecular flexibility index (Phi) is 6.69. The van der Waals surface area contributed by atoms with E-state index in [9.17, 15) is 4.79 Å². The van der Waals surface area contributed by atoms with Crippen molar-refractivity contribution in [2.24, 2.45) is 0 Å². The Morgan fingerprint density at radius 1 is 1.21 bits per heavy atom. The second kappa shape index (κ2) is 8.98. The Morgan fingerprint density at radius 2 is 2.04 bits per heavy atom. The van der Waals surface area contributed by atoms with Crippen molar-refractivity contribution in [3.63, 3.8) is 0 Å². The number of nitrogens with zero attached hydrogens (tertiary/aromatic N) is 2. The van der Waals surface area contributed by atoms with Crippen LogP contribution in [0.5, 0.6) is 0 Å². The van der Waals surface area contributed by atoms with E-state index in [4.69, 9.17) is 4.74 Å². The molecule has 2 rings (SSSR count). The summed E-state index contributed by atoms with van der Waals surface area (Å²) >= 11 is 0. The van der Waals surface area contributed by atoms with Gasteiger partial charge in [0.1, 0.15) is 17.3 Å². The predicted molar refractivity (Wildman–Crippen MR) is 94.1 cm³/mol. The number of amides is 1. The van der Waals surface area contributed by atoms with Crippen molar-refractivity contribution >= 4 is 11.7 Å². The molecule has 1 aromatic carbocycles. The fourth-order valence-electron chi connectivity index (χ4n) is 2.30. The van der Waals surface area contributed by atoms with Crippen LogP contribution in [0.15, 0.2) is 30.3 Å². The summed E-state index contributed by atoms with van der Waals surface area (Å²) in [6.45, 7) is 5.66. The third kappa shape index (κ3) is 5.62. The summed E-state index contributed by atoms with van der Waals surface area (Å²) in [6, 6.07) is 9.93. The van der Waals surface area contributed by atoms with Gasteiger partial charge < -0.3 is 15.4 Å². The van der Waals surface area contributed by atoms with Crippen LogP contribution >= 0.6 is 0 Å². The van der Waals surface area contributed by atoms with Gasteiger partial charge in [-0.2, -0.15) is 0 Å². The standard InChI is InChI=1S/C18H24N4O2/c1-13-6-4-7-15(10-13)12-20-17-11-16(21-14(2)22-17)18(23)19-8-5-9-24-3/h4,6-7,10-11H,5,8-9,12H2,1-3H3,(H,19,23)(H,20,21,22). The van der Waals surface area contributed by atoms with E-state index in [1.54, 1.807) is 20.1 Å². The van der Waals surface area contributed by atoms with Gasteiger partial charge in [0.05, 0.1) is 0 Å². The summed E-state index contributed by atoms with van der Waals surface area (Å²) in [7, 11) is 1.64. The fraction of sp³-hybridized carbons (Fsp3) is 0.389. The molecular formula is C18H24N4O2. The smallest absolute Gasteiger partial charge is 0.270 e. The molecule has 128 valence electrons. The molecule has 0 saturated carbocycles. The van der Waals surface area contributed by atoms with Crippen LogP contribution in [-0.4, -0.2) is 36.1 Å². The Labute approximate surface area is 142 Å². The highest BCUT2D eigenvalue weighted by Gasteiger charge is 2.10. The van der Waals surface area contributed by atoms with Crippen LogP contribution in [0, 0.1) is 13.8 Å². The van der Waals surface area contributed by atoms with Gasteiger partial charge in [-0.05, 0) is 25.8 Å². The van der Waals surface area contributed by atoms with Crippen LogP contribution in [-0.2, 0) is 11.3 Å². The molecule has 1 aromatic heterocycles. The summed E-state index contributed by atoms with van der Waals surface area (Å²) in [6.07, 6.45) is 0.769. The highest BCUT2D eigenvalue weighted by atomic mass is 16.5. The Balaban J connectivity index is 1.98. The number of anilines is 1. The quantitative estimate of drug-likeness (QED) is 0.728. The number of methoxy groups -OCH3 is 1. The van der Waals surface area contributed by atoms with Gasteiger partial charge >= 0.3 is 0 Å². The lowest BCUT2D eigenvalue weighted by Gasteiger charge is -2.09. The van der Waals surface area contributed by atoms with E-state index in [-0.39, 0.29) is 5.91 Å². The SMILES string of the molecule is COCCCNC(=O)c1cc(NCc2cccc(C)c2)nc(C)n1. The molecule has 0 saturated heterocycles. The zero-order valence-electron chi connectivity index (χ0n) is 14.4. The Morgan fingerprint density at radius 3 is 2.79 bits per heavy atom. The van der Waals surface area contributed by atoms with Gasteiger partial charge in [0.15, 0.2) is 0 Å². The van der Waals surface area contributed by atoms with E-state index in [1.807, 2.05) is 6.07 Å². The maximum absolute atomic E-state index is 12.2. The fourth-order valence-corrected chi connectivity index (χ4v) is 2.30. The zero-order chi connectivity index (χ0) is 17.4. The minimum atomic E-state index is -0.199. The van der Waals surface area contributed by atoms with Gasteiger partial charge in [0.25, 0.3) is 5.91 Å². The molecule has 0 aliphatic heterocycles. The Hall–Kier alpha value is -2.47. The largest absolute Gasteiger partial charge is 0.385 e. The number of rotatable bonds is 8. The van der Waals surface area contributed by atoms with Crippen molar-refractivity contribution in [2.75, 3.05) is 25.6 Å². The molecule has 24 heavy (non-hydrogen) atoms. The highest BCUT2D eigenvalue weighted by Crippen LogP contribution is 2.10. The summed E-state index contributed by atoms with van der Waals surface area (Å²) in [5, 5.41) is 6.08. The van der Waals surface area contributed by atoms with Crippen LogP contribution in [0.4, 0.5) is 5.82 Å². The number of nitrogens with one attached hydrogen (secondary N) is 2. The summed E-state index contributed by atoms with van der Waals surface area (Å²) in [5.74, 6) is 1.01. The monoisotopic (exact) mass is 328 g/mol. The van der Waals surface area contributed by atoms with E-state index in [0.717, 1.165) is 12.0 Å². The lowest BCUT2D eigenvalue weighted by Crippen LogP contribution is -2.26. The van der Waals surface area contributed by atoms with Gasteiger partial charge in [0.2, 0.25) is 0 Å². The summed E-state index contributed by atoms with van der Waals surface area (Å²) in [4.78, 5) is 20.7. The normalized spacial score (nSPS) is 10.5. The first-order valence-electron chi connectivity index (χ1n) is 8.00. The van der Waals surface area contributed by atoms with Gasteiger partial charge in [0, 0.05) is 32.9 Å². The van der Waals surface area contributed by atoms with Gasteiger partial charge in [-0.25, -0.2) is 9.97 Å². The molecule has 1 heterocycles. The van der Waals surface area contributed by atoms with Gasteiger partial charge in [-0.3, -0.25) is 4.79 Å². The number of ether oxygens (including phenoxy) is 1. The number of hydrogen-bond donors (Lipinski definition) is 2. The molecule has 0 aliphatic carbocycles. The summed E-state index contributed by atoms with van der Waals surface area (Å²) < 4.78 is 4.96. The number of carbonyl (C=O) groups excluding carboxylic acids is 1. The maximum atomic E-state index is 12.2. The minimum absolute atomic E-state index is 0.199. The van der Waals surface area contributed by atoms with Crippen LogP contribution in [0.1, 0.15) is 33.9 Å². The van der Waals surface area contributed by atoms with Crippen molar-refractivity contribution in [3.05, 3.63) is 53.0 Å².